The maximum Gasteiger partial charge on any atom is 0.0831 e. The molecule has 0 amide bonds. The third kappa shape index (κ3) is 4.18. The van der Waals surface area contributed by atoms with Gasteiger partial charge in [-0.1, -0.05) is 44.2 Å². The molecule has 0 aliphatic rings. The Kier molecular flexibility index (Phi) is 4.69. The number of nitrogens with zero attached hydrogens (tertiary/aromatic N) is 1. The summed E-state index contributed by atoms with van der Waals surface area (Å²) >= 11 is 0. The number of hydrogen-bond donors (Lipinski definition) is 1. The maximum atomic E-state index is 10.3. The van der Waals surface area contributed by atoms with Crippen LogP contribution in [0.1, 0.15) is 36.6 Å². The zero-order valence-electron chi connectivity index (χ0n) is 11.6. The fourth-order valence-corrected chi connectivity index (χ4v) is 2.26. The van der Waals surface area contributed by atoms with Crippen LogP contribution in [0.3, 0.4) is 0 Å². The van der Waals surface area contributed by atoms with Crippen LogP contribution >= 0.6 is 0 Å². The molecule has 100 valence electrons. The Morgan fingerprint density at radius 2 is 1.84 bits per heavy atom. The van der Waals surface area contributed by atoms with Gasteiger partial charge in [-0.3, -0.25) is 4.98 Å². The standard InChI is InChI=1S/C17H21NO/c1-13(2)9-14-5-3-7-16(10-14)17(19)11-15-6-4-8-18-12-15/h3-8,10,12-13,17,19H,9,11H2,1-2H3. The highest BCUT2D eigenvalue weighted by Gasteiger charge is 2.09. The molecule has 0 fully saturated rings. The Balaban J connectivity index is 2.08. The summed E-state index contributed by atoms with van der Waals surface area (Å²) in [5.41, 5.74) is 3.34. The van der Waals surface area contributed by atoms with E-state index in [1.165, 1.54) is 5.56 Å². The van der Waals surface area contributed by atoms with Gasteiger partial charge in [0.25, 0.3) is 0 Å². The molecule has 0 radical (unpaired) electrons. The smallest absolute Gasteiger partial charge is 0.0831 e. The quantitative estimate of drug-likeness (QED) is 0.886. The second kappa shape index (κ2) is 6.48. The van der Waals surface area contributed by atoms with Crippen LogP contribution in [0.2, 0.25) is 0 Å². The van der Waals surface area contributed by atoms with Crippen molar-refractivity contribution in [1.82, 2.24) is 4.98 Å². The molecule has 1 aromatic heterocycles. The first-order valence-corrected chi connectivity index (χ1v) is 6.81. The molecule has 1 unspecified atom stereocenters. The first-order valence-electron chi connectivity index (χ1n) is 6.81. The second-order valence-corrected chi connectivity index (χ2v) is 5.42. The normalized spacial score (nSPS) is 12.6. The molecule has 2 heteroatoms. The van der Waals surface area contributed by atoms with Gasteiger partial charge < -0.3 is 5.11 Å². The molecular weight excluding hydrogens is 234 g/mol. The second-order valence-electron chi connectivity index (χ2n) is 5.42. The van der Waals surface area contributed by atoms with Gasteiger partial charge >= 0.3 is 0 Å². The van der Waals surface area contributed by atoms with E-state index in [0.29, 0.717) is 12.3 Å². The molecule has 1 atom stereocenters. The average molecular weight is 255 g/mol. The summed E-state index contributed by atoms with van der Waals surface area (Å²) in [6.07, 6.45) is 4.75. The minimum absolute atomic E-state index is 0.462. The van der Waals surface area contributed by atoms with E-state index in [1.54, 1.807) is 12.4 Å². The van der Waals surface area contributed by atoms with Crippen LogP contribution in [0.4, 0.5) is 0 Å². The highest BCUT2D eigenvalue weighted by Crippen LogP contribution is 2.20. The minimum Gasteiger partial charge on any atom is -0.388 e. The Morgan fingerprint density at radius 3 is 2.53 bits per heavy atom. The molecule has 0 spiro atoms. The summed E-state index contributed by atoms with van der Waals surface area (Å²) in [7, 11) is 0. The lowest BCUT2D eigenvalue weighted by molar-refractivity contribution is 0.178. The summed E-state index contributed by atoms with van der Waals surface area (Å²) in [5.74, 6) is 0.630. The molecular formula is C17H21NO. The van der Waals surface area contributed by atoms with Crippen molar-refractivity contribution in [2.75, 3.05) is 0 Å². The van der Waals surface area contributed by atoms with Crippen LogP contribution in [0, 0.1) is 5.92 Å². The lowest BCUT2D eigenvalue weighted by Gasteiger charge is -2.13. The number of aliphatic hydroxyl groups excluding tert-OH is 1. The van der Waals surface area contributed by atoms with Gasteiger partial charge in [0.1, 0.15) is 0 Å². The van der Waals surface area contributed by atoms with Gasteiger partial charge in [-0.05, 0) is 35.1 Å². The predicted octanol–water partition coefficient (Wildman–Crippen LogP) is 3.56. The third-order valence-electron chi connectivity index (χ3n) is 3.13. The van der Waals surface area contributed by atoms with Gasteiger partial charge in [0, 0.05) is 18.8 Å². The van der Waals surface area contributed by atoms with Crippen LogP contribution in [0.15, 0.2) is 48.8 Å². The molecule has 1 heterocycles. The lowest BCUT2D eigenvalue weighted by Crippen LogP contribution is -2.03. The molecule has 0 bridgehead atoms. The van der Waals surface area contributed by atoms with E-state index in [-0.39, 0.29) is 0 Å². The minimum atomic E-state index is -0.462. The Hall–Kier alpha value is -1.67. The summed E-state index contributed by atoms with van der Waals surface area (Å²) in [6, 6.07) is 12.1. The van der Waals surface area contributed by atoms with Crippen molar-refractivity contribution in [3.05, 3.63) is 65.5 Å². The highest BCUT2D eigenvalue weighted by molar-refractivity contribution is 5.27. The van der Waals surface area contributed by atoms with E-state index in [2.05, 4.69) is 31.0 Å². The van der Waals surface area contributed by atoms with Gasteiger partial charge in [0.15, 0.2) is 0 Å². The number of pyridine rings is 1. The maximum absolute atomic E-state index is 10.3. The molecule has 2 rings (SSSR count). The van der Waals surface area contributed by atoms with Gasteiger partial charge in [0.05, 0.1) is 6.10 Å². The van der Waals surface area contributed by atoms with Crippen molar-refractivity contribution in [3.8, 4) is 0 Å². The van der Waals surface area contributed by atoms with E-state index in [1.807, 2.05) is 24.3 Å². The van der Waals surface area contributed by atoms with Crippen molar-refractivity contribution in [2.45, 2.75) is 32.8 Å². The first kappa shape index (κ1) is 13.8. The van der Waals surface area contributed by atoms with E-state index >= 15 is 0 Å². The topological polar surface area (TPSA) is 33.1 Å². The van der Waals surface area contributed by atoms with Crippen molar-refractivity contribution >= 4 is 0 Å². The van der Waals surface area contributed by atoms with Crippen LogP contribution in [-0.4, -0.2) is 10.1 Å². The third-order valence-corrected chi connectivity index (χ3v) is 3.13. The zero-order chi connectivity index (χ0) is 13.7. The molecule has 0 saturated carbocycles. The number of aliphatic hydroxyl groups is 1. The summed E-state index contributed by atoms with van der Waals surface area (Å²) in [4.78, 5) is 4.08. The largest absolute Gasteiger partial charge is 0.388 e. The van der Waals surface area contributed by atoms with Crippen LogP contribution in [0.25, 0.3) is 0 Å². The number of benzene rings is 1. The van der Waals surface area contributed by atoms with Crippen LogP contribution in [0.5, 0.6) is 0 Å². The van der Waals surface area contributed by atoms with E-state index < -0.39 is 6.10 Å². The average Bonchev–Trinajstić information content (AvgIpc) is 2.39. The number of rotatable bonds is 5. The van der Waals surface area contributed by atoms with Gasteiger partial charge in [-0.2, -0.15) is 0 Å². The Labute approximate surface area is 115 Å². The van der Waals surface area contributed by atoms with Crippen molar-refractivity contribution < 1.29 is 5.11 Å². The van der Waals surface area contributed by atoms with Crippen LogP contribution < -0.4 is 0 Å². The monoisotopic (exact) mass is 255 g/mol. The van der Waals surface area contributed by atoms with Crippen LogP contribution in [-0.2, 0) is 12.8 Å². The predicted molar refractivity (Wildman–Crippen MR) is 77.9 cm³/mol. The summed E-state index contributed by atoms with van der Waals surface area (Å²) in [5, 5.41) is 10.3. The number of aromatic nitrogens is 1. The van der Waals surface area contributed by atoms with Crippen molar-refractivity contribution in [1.29, 1.82) is 0 Å². The Bertz CT molecular complexity index is 508. The molecule has 1 aromatic carbocycles. The molecule has 19 heavy (non-hydrogen) atoms. The molecule has 0 saturated heterocycles. The van der Waals surface area contributed by atoms with E-state index in [9.17, 15) is 5.11 Å². The van der Waals surface area contributed by atoms with Crippen molar-refractivity contribution in [3.63, 3.8) is 0 Å². The lowest BCUT2D eigenvalue weighted by atomic mass is 9.97. The van der Waals surface area contributed by atoms with Gasteiger partial charge in [-0.15, -0.1) is 0 Å². The molecule has 0 aliphatic carbocycles. The van der Waals surface area contributed by atoms with E-state index in [0.717, 1.165) is 17.5 Å². The number of hydrogen-bond acceptors (Lipinski definition) is 2. The molecule has 2 aromatic rings. The summed E-state index contributed by atoms with van der Waals surface area (Å²) in [6.45, 7) is 4.41. The fraction of sp³-hybridized carbons (Fsp3) is 0.353. The summed E-state index contributed by atoms with van der Waals surface area (Å²) < 4.78 is 0. The van der Waals surface area contributed by atoms with Gasteiger partial charge in [0.2, 0.25) is 0 Å². The fourth-order valence-electron chi connectivity index (χ4n) is 2.26. The van der Waals surface area contributed by atoms with Gasteiger partial charge in [-0.25, -0.2) is 0 Å². The first-order chi connectivity index (χ1) is 9.15. The SMILES string of the molecule is CC(C)Cc1cccc(C(O)Cc2cccnc2)c1. The molecule has 1 N–H and O–H groups in total. The molecule has 2 nitrogen and oxygen atoms in total. The van der Waals surface area contributed by atoms with Crippen molar-refractivity contribution in [2.24, 2.45) is 5.92 Å². The zero-order valence-corrected chi connectivity index (χ0v) is 11.6. The highest BCUT2D eigenvalue weighted by atomic mass is 16.3. The van der Waals surface area contributed by atoms with E-state index in [4.69, 9.17) is 0 Å². The molecule has 0 aliphatic heterocycles. The Morgan fingerprint density at radius 1 is 1.05 bits per heavy atom.